The number of methoxy groups -OCH3 is 4. The summed E-state index contributed by atoms with van der Waals surface area (Å²) in [6.45, 7) is 5.93. The van der Waals surface area contributed by atoms with Crippen LogP contribution in [0.2, 0.25) is 5.02 Å². The number of fused-ring (bicyclic) bond motifs is 4. The summed E-state index contributed by atoms with van der Waals surface area (Å²) < 4.78 is 22.9. The topological polar surface area (TPSA) is 55.4 Å². The lowest BCUT2D eigenvalue weighted by Crippen LogP contribution is -2.49. The predicted molar refractivity (Wildman–Crippen MR) is 188 cm³/mol. The van der Waals surface area contributed by atoms with Gasteiger partial charge in [-0.1, -0.05) is 43.1 Å². The molecule has 246 valence electrons. The van der Waals surface area contributed by atoms with Crippen molar-refractivity contribution in [2.45, 2.75) is 57.7 Å². The van der Waals surface area contributed by atoms with E-state index >= 15 is 0 Å². The highest BCUT2D eigenvalue weighted by Crippen LogP contribution is 2.49. The molecule has 0 aromatic heterocycles. The van der Waals surface area contributed by atoms with Gasteiger partial charge in [0.1, 0.15) is 0 Å². The van der Waals surface area contributed by atoms with E-state index in [1.807, 2.05) is 24.3 Å². The van der Waals surface area contributed by atoms with Crippen LogP contribution in [0.1, 0.15) is 66.1 Å². The molecule has 0 saturated carbocycles. The van der Waals surface area contributed by atoms with Crippen molar-refractivity contribution in [3.63, 3.8) is 0 Å². The van der Waals surface area contributed by atoms with E-state index in [-0.39, 0.29) is 6.04 Å². The molecule has 0 aliphatic carbocycles. The van der Waals surface area contributed by atoms with E-state index in [9.17, 15) is 0 Å². The van der Waals surface area contributed by atoms with E-state index in [0.717, 1.165) is 90.4 Å². The van der Waals surface area contributed by atoms with Crippen molar-refractivity contribution in [3.8, 4) is 23.0 Å². The third-order valence-corrected chi connectivity index (χ3v) is 11.2. The molecule has 46 heavy (non-hydrogen) atoms. The largest absolute Gasteiger partial charge is 0.493 e. The molecule has 0 spiro atoms. The van der Waals surface area contributed by atoms with Crippen LogP contribution in [0.5, 0.6) is 23.0 Å². The highest BCUT2D eigenvalue weighted by molar-refractivity contribution is 7.80. The number of hydrogen-bond donors (Lipinski definition) is 1. The normalized spacial score (nSPS) is 22.3. The third kappa shape index (κ3) is 6.36. The second-order valence-corrected chi connectivity index (χ2v) is 13.5. The van der Waals surface area contributed by atoms with Crippen molar-refractivity contribution in [2.24, 2.45) is 11.8 Å². The molecule has 3 aliphatic heterocycles. The summed E-state index contributed by atoms with van der Waals surface area (Å²) >= 11 is 12.6. The number of rotatable bonds is 9. The summed E-state index contributed by atoms with van der Waals surface area (Å²) in [6, 6.07) is 17.2. The van der Waals surface area contributed by atoms with Gasteiger partial charge in [0.25, 0.3) is 0 Å². The summed E-state index contributed by atoms with van der Waals surface area (Å²) in [5.74, 6) is 4.24. The molecule has 3 aromatic rings. The molecule has 3 aliphatic rings. The minimum absolute atomic E-state index is 0.105. The lowest BCUT2D eigenvalue weighted by molar-refractivity contribution is 0.0376. The highest BCUT2D eigenvalue weighted by atomic mass is 35.5. The number of piperidine rings is 1. The Kier molecular flexibility index (Phi) is 10.2. The number of nitrogens with zero attached hydrogens (tertiary/aromatic N) is 2. The van der Waals surface area contributed by atoms with Gasteiger partial charge < -0.3 is 29.2 Å². The van der Waals surface area contributed by atoms with Gasteiger partial charge in [0.15, 0.2) is 28.1 Å². The fourth-order valence-electron chi connectivity index (χ4n) is 7.98. The van der Waals surface area contributed by atoms with Gasteiger partial charge >= 0.3 is 0 Å². The highest BCUT2D eigenvalue weighted by Gasteiger charge is 2.41. The zero-order chi connectivity index (χ0) is 32.4. The summed E-state index contributed by atoms with van der Waals surface area (Å²) in [5, 5.41) is 5.05. The average molecular weight is 664 g/mol. The second-order valence-electron chi connectivity index (χ2n) is 12.7. The lowest BCUT2D eigenvalue weighted by Gasteiger charge is -2.49. The molecule has 9 heteroatoms. The molecule has 6 rings (SSSR count). The number of hydrogen-bond acceptors (Lipinski definition) is 6. The van der Waals surface area contributed by atoms with Gasteiger partial charge in [0.05, 0.1) is 34.5 Å². The first kappa shape index (κ1) is 32.7. The SMILES string of the molecule is CCC1CN2CCc3cc(OC)c(OC)cc3C2CC1CC1c2cc(OC)c(OC)cc2CCN1C(=S)NCc1ccccc1Cl. The van der Waals surface area contributed by atoms with Gasteiger partial charge in [-0.05, 0) is 108 Å². The number of ether oxygens (including phenoxy) is 4. The van der Waals surface area contributed by atoms with Gasteiger partial charge in [-0.3, -0.25) is 4.90 Å². The zero-order valence-corrected chi connectivity index (χ0v) is 29.2. The van der Waals surface area contributed by atoms with Crippen molar-refractivity contribution in [1.29, 1.82) is 0 Å². The number of nitrogens with one attached hydrogen (secondary N) is 1. The smallest absolute Gasteiger partial charge is 0.169 e. The van der Waals surface area contributed by atoms with Crippen molar-refractivity contribution in [3.05, 3.63) is 81.4 Å². The third-order valence-electron chi connectivity index (χ3n) is 10.5. The Hall–Kier alpha value is -3.20. The molecule has 3 heterocycles. The fourth-order valence-corrected chi connectivity index (χ4v) is 8.47. The lowest BCUT2D eigenvalue weighted by atomic mass is 9.72. The number of benzene rings is 3. The molecule has 1 N–H and O–H groups in total. The van der Waals surface area contributed by atoms with E-state index in [1.54, 1.807) is 28.4 Å². The van der Waals surface area contributed by atoms with Crippen LogP contribution in [0.15, 0.2) is 48.5 Å². The molecule has 0 amide bonds. The van der Waals surface area contributed by atoms with Crippen molar-refractivity contribution in [1.82, 2.24) is 15.1 Å². The van der Waals surface area contributed by atoms with E-state index < -0.39 is 0 Å². The minimum atomic E-state index is 0.105. The monoisotopic (exact) mass is 663 g/mol. The standard InChI is InChI=1S/C37H46ClN3O4S/c1-6-23-22-40-13-11-24-17-33(42-2)35(44-4)19-28(24)31(40)15-27(23)16-32-29-20-36(45-5)34(43-3)18-25(29)12-14-41(32)37(46)39-21-26-9-7-8-10-30(26)38/h7-10,17-20,23,27,31-32H,6,11-16,21-22H2,1-5H3,(H,39,46). The van der Waals surface area contributed by atoms with Crippen LogP contribution < -0.4 is 24.3 Å². The molecular weight excluding hydrogens is 618 g/mol. The van der Waals surface area contributed by atoms with Gasteiger partial charge in [0, 0.05) is 37.2 Å². The summed E-state index contributed by atoms with van der Waals surface area (Å²) in [4.78, 5) is 5.11. The predicted octanol–water partition coefficient (Wildman–Crippen LogP) is 7.38. The maximum atomic E-state index is 6.50. The first-order valence-corrected chi connectivity index (χ1v) is 17.2. The Morgan fingerprint density at radius 3 is 2.11 bits per heavy atom. The summed E-state index contributed by atoms with van der Waals surface area (Å²) in [6.07, 6.45) is 5.15. The number of thiocarbonyl (C=S) groups is 1. The second kappa shape index (κ2) is 14.3. The molecule has 0 radical (unpaired) electrons. The van der Waals surface area contributed by atoms with Crippen molar-refractivity contribution in [2.75, 3.05) is 48.1 Å². The summed E-state index contributed by atoms with van der Waals surface area (Å²) in [5.41, 5.74) is 6.37. The molecule has 1 saturated heterocycles. The number of halogens is 1. The van der Waals surface area contributed by atoms with Crippen LogP contribution in [0.25, 0.3) is 0 Å². The van der Waals surface area contributed by atoms with Gasteiger partial charge in [-0.2, -0.15) is 0 Å². The molecule has 7 nitrogen and oxygen atoms in total. The van der Waals surface area contributed by atoms with Gasteiger partial charge in [-0.25, -0.2) is 0 Å². The van der Waals surface area contributed by atoms with E-state index in [4.69, 9.17) is 42.8 Å². The maximum absolute atomic E-state index is 6.50. The van der Waals surface area contributed by atoms with Crippen LogP contribution >= 0.6 is 23.8 Å². The van der Waals surface area contributed by atoms with Crippen LogP contribution in [0.3, 0.4) is 0 Å². The molecule has 0 bridgehead atoms. The molecule has 3 aromatic carbocycles. The quantitative estimate of drug-likeness (QED) is 0.238. The maximum Gasteiger partial charge on any atom is 0.169 e. The van der Waals surface area contributed by atoms with Crippen LogP contribution in [-0.2, 0) is 19.4 Å². The average Bonchev–Trinajstić information content (AvgIpc) is 3.09. The van der Waals surface area contributed by atoms with Crippen LogP contribution in [-0.4, -0.2) is 63.0 Å². The van der Waals surface area contributed by atoms with Crippen LogP contribution in [0.4, 0.5) is 0 Å². The Bertz CT molecular complexity index is 1570. The van der Waals surface area contributed by atoms with Gasteiger partial charge in [0.2, 0.25) is 0 Å². The van der Waals surface area contributed by atoms with Crippen molar-refractivity contribution < 1.29 is 18.9 Å². The van der Waals surface area contributed by atoms with E-state index in [2.05, 4.69) is 46.3 Å². The first-order chi connectivity index (χ1) is 22.4. The Morgan fingerprint density at radius 2 is 1.46 bits per heavy atom. The Balaban J connectivity index is 1.33. The van der Waals surface area contributed by atoms with E-state index in [1.165, 1.54) is 22.3 Å². The van der Waals surface area contributed by atoms with Crippen molar-refractivity contribution >= 4 is 28.9 Å². The summed E-state index contributed by atoms with van der Waals surface area (Å²) in [7, 11) is 6.86. The fraction of sp³-hybridized carbons (Fsp3) is 0.486. The molecular formula is C37H46ClN3O4S. The molecule has 1 fully saturated rings. The molecule has 4 atom stereocenters. The van der Waals surface area contributed by atoms with E-state index in [0.29, 0.717) is 24.4 Å². The molecule has 4 unspecified atom stereocenters. The van der Waals surface area contributed by atoms with Gasteiger partial charge in [-0.15, -0.1) is 0 Å². The minimum Gasteiger partial charge on any atom is -0.493 e. The Morgan fingerprint density at radius 1 is 0.848 bits per heavy atom. The zero-order valence-electron chi connectivity index (χ0n) is 27.6. The Labute approximate surface area is 284 Å². The van der Waals surface area contributed by atoms with Crippen LogP contribution in [0, 0.1) is 11.8 Å². The first-order valence-electron chi connectivity index (χ1n) is 16.4.